The molecule has 0 bridgehead atoms. The Balaban J connectivity index is 2.42. The van der Waals surface area contributed by atoms with Crippen molar-refractivity contribution in [3.8, 4) is 12.5 Å². The van der Waals surface area contributed by atoms with E-state index in [1.807, 2.05) is 0 Å². The van der Waals surface area contributed by atoms with Crippen LogP contribution in [0.3, 0.4) is 0 Å². The average molecular weight is 124 g/mol. The molecule has 9 heavy (non-hydrogen) atoms. The molecule has 1 aliphatic rings. The van der Waals surface area contributed by atoms with Gasteiger partial charge in [-0.05, 0) is 6.42 Å². The summed E-state index contributed by atoms with van der Waals surface area (Å²) in [5, 5.41) is 5.27. The van der Waals surface area contributed by atoms with Gasteiger partial charge < -0.3 is 10.6 Å². The Morgan fingerprint density at radius 2 is 2.67 bits per heavy atom. The van der Waals surface area contributed by atoms with Crippen LogP contribution in [0.1, 0.15) is 6.42 Å². The summed E-state index contributed by atoms with van der Waals surface area (Å²) in [5.41, 5.74) is 0. The monoisotopic (exact) mass is 124 g/mol. The van der Waals surface area contributed by atoms with Crippen molar-refractivity contribution < 1.29 is 4.79 Å². The molecule has 1 rings (SSSR count). The Bertz CT molecular complexity index is 159. The molecule has 2 N–H and O–H groups in total. The maximum Gasteiger partial charge on any atom is 0.243 e. The fourth-order valence-electron chi connectivity index (χ4n) is 0.832. The third-order valence-corrected chi connectivity index (χ3v) is 1.31. The molecule has 0 spiro atoms. The van der Waals surface area contributed by atoms with E-state index in [-0.39, 0.29) is 11.9 Å². The largest absolute Gasteiger partial charge is 0.354 e. The molecule has 1 fully saturated rings. The van der Waals surface area contributed by atoms with Gasteiger partial charge in [-0.15, -0.1) is 0 Å². The van der Waals surface area contributed by atoms with E-state index in [9.17, 15) is 4.79 Å². The third-order valence-electron chi connectivity index (χ3n) is 1.31. The van der Waals surface area contributed by atoms with Gasteiger partial charge in [-0.2, -0.15) is 0 Å². The topological polar surface area (TPSA) is 41.1 Å². The molecule has 1 unspecified atom stereocenters. The van der Waals surface area contributed by atoms with E-state index in [2.05, 4.69) is 16.7 Å². The van der Waals surface area contributed by atoms with E-state index in [1.165, 1.54) is 0 Å². The van der Waals surface area contributed by atoms with Crippen molar-refractivity contribution in [2.24, 2.45) is 0 Å². The number of carbonyl (C=O) groups excluding carboxylic acids is 1. The Morgan fingerprint density at radius 1 is 1.89 bits per heavy atom. The second kappa shape index (κ2) is 2.40. The van der Waals surface area contributed by atoms with Gasteiger partial charge in [0, 0.05) is 12.6 Å². The van der Waals surface area contributed by atoms with Crippen molar-refractivity contribution in [3.63, 3.8) is 0 Å². The van der Waals surface area contributed by atoms with Crippen LogP contribution < -0.4 is 10.6 Å². The van der Waals surface area contributed by atoms with Gasteiger partial charge in [0.25, 0.3) is 0 Å². The summed E-state index contributed by atoms with van der Waals surface area (Å²) >= 11 is 0. The summed E-state index contributed by atoms with van der Waals surface area (Å²) in [6, 6.07) is 2.07. The number of amides is 1. The quantitative estimate of drug-likeness (QED) is 0.350. The Hall–Kier alpha value is -1.17. The second-order valence-corrected chi connectivity index (χ2v) is 1.92. The molecule has 0 saturated carbocycles. The van der Waals surface area contributed by atoms with Gasteiger partial charge in [-0.3, -0.25) is 4.79 Å². The molecule has 0 aromatic heterocycles. The standard InChI is InChI=1S/C6H8N2O/c1-2-7-5-3-4-8-6(5)9/h1,5,7H,3-4H2,(H,8,9). The van der Waals surface area contributed by atoms with E-state index in [0.717, 1.165) is 13.0 Å². The summed E-state index contributed by atoms with van der Waals surface area (Å²) in [6.45, 7) is 0.734. The zero-order valence-electron chi connectivity index (χ0n) is 4.98. The summed E-state index contributed by atoms with van der Waals surface area (Å²) in [6.07, 6.45) is 5.72. The van der Waals surface area contributed by atoms with Crippen molar-refractivity contribution in [2.75, 3.05) is 6.54 Å². The molecule has 0 aromatic carbocycles. The molecule has 48 valence electrons. The minimum atomic E-state index is -0.157. The van der Waals surface area contributed by atoms with E-state index in [4.69, 9.17) is 6.42 Å². The van der Waals surface area contributed by atoms with Crippen molar-refractivity contribution in [1.82, 2.24) is 10.6 Å². The lowest BCUT2D eigenvalue weighted by Crippen LogP contribution is -2.32. The smallest absolute Gasteiger partial charge is 0.243 e. The average Bonchev–Trinajstić information content (AvgIpc) is 2.18. The second-order valence-electron chi connectivity index (χ2n) is 1.92. The number of hydrogen-bond acceptors (Lipinski definition) is 2. The summed E-state index contributed by atoms with van der Waals surface area (Å²) < 4.78 is 0. The Kier molecular flexibility index (Phi) is 1.59. The molecule has 3 nitrogen and oxygen atoms in total. The SMILES string of the molecule is C#CNC1CCNC1=O. The molecule has 1 amide bonds. The lowest BCUT2D eigenvalue weighted by Gasteiger charge is -2.01. The highest BCUT2D eigenvalue weighted by Crippen LogP contribution is 1.96. The fourth-order valence-corrected chi connectivity index (χ4v) is 0.832. The van der Waals surface area contributed by atoms with E-state index in [0.29, 0.717) is 0 Å². The van der Waals surface area contributed by atoms with Crippen LogP contribution >= 0.6 is 0 Å². The zero-order chi connectivity index (χ0) is 6.69. The van der Waals surface area contributed by atoms with Gasteiger partial charge in [-0.1, -0.05) is 6.42 Å². The summed E-state index contributed by atoms with van der Waals surface area (Å²) in [4.78, 5) is 10.7. The van der Waals surface area contributed by atoms with Crippen molar-refractivity contribution in [3.05, 3.63) is 0 Å². The van der Waals surface area contributed by atoms with E-state index >= 15 is 0 Å². The molecule has 1 atom stereocenters. The predicted octanol–water partition coefficient (Wildman–Crippen LogP) is -0.945. The van der Waals surface area contributed by atoms with Crippen molar-refractivity contribution in [1.29, 1.82) is 0 Å². The molecular formula is C6H8N2O. The molecule has 0 radical (unpaired) electrons. The number of terminal acetylenes is 1. The molecule has 1 saturated heterocycles. The third kappa shape index (κ3) is 1.14. The lowest BCUT2D eigenvalue weighted by atomic mass is 10.3. The predicted molar refractivity (Wildman–Crippen MR) is 33.4 cm³/mol. The highest BCUT2D eigenvalue weighted by Gasteiger charge is 2.21. The number of hydrogen-bond donors (Lipinski definition) is 2. The highest BCUT2D eigenvalue weighted by molar-refractivity contribution is 5.83. The van der Waals surface area contributed by atoms with Gasteiger partial charge in [0.2, 0.25) is 5.91 Å². The molecular weight excluding hydrogens is 116 g/mol. The van der Waals surface area contributed by atoms with E-state index in [1.54, 1.807) is 0 Å². The Morgan fingerprint density at radius 3 is 3.11 bits per heavy atom. The molecule has 1 heterocycles. The van der Waals surface area contributed by atoms with Crippen LogP contribution in [0.4, 0.5) is 0 Å². The van der Waals surface area contributed by atoms with Gasteiger partial charge >= 0.3 is 0 Å². The first-order valence-electron chi connectivity index (χ1n) is 2.83. The zero-order valence-corrected chi connectivity index (χ0v) is 4.98. The maximum absolute atomic E-state index is 10.7. The van der Waals surface area contributed by atoms with Crippen LogP contribution in [0.25, 0.3) is 0 Å². The first-order chi connectivity index (χ1) is 4.34. The molecule has 0 aliphatic carbocycles. The summed E-state index contributed by atoms with van der Waals surface area (Å²) in [5.74, 6) is 0.00736. The van der Waals surface area contributed by atoms with Crippen LogP contribution in [0, 0.1) is 12.5 Å². The first-order valence-corrected chi connectivity index (χ1v) is 2.83. The molecule has 1 aliphatic heterocycles. The van der Waals surface area contributed by atoms with Gasteiger partial charge in [0.1, 0.15) is 6.04 Å². The van der Waals surface area contributed by atoms with Crippen LogP contribution in [0.15, 0.2) is 0 Å². The maximum atomic E-state index is 10.7. The van der Waals surface area contributed by atoms with Gasteiger partial charge in [-0.25, -0.2) is 0 Å². The number of carbonyl (C=O) groups is 1. The Labute approximate surface area is 53.8 Å². The van der Waals surface area contributed by atoms with Gasteiger partial charge in [0.15, 0.2) is 0 Å². The van der Waals surface area contributed by atoms with Crippen LogP contribution in [0.5, 0.6) is 0 Å². The number of rotatable bonds is 1. The normalized spacial score (nSPS) is 24.8. The van der Waals surface area contributed by atoms with E-state index < -0.39 is 0 Å². The lowest BCUT2D eigenvalue weighted by molar-refractivity contribution is -0.120. The van der Waals surface area contributed by atoms with Crippen LogP contribution in [-0.2, 0) is 4.79 Å². The minimum absolute atomic E-state index is 0.00736. The number of nitrogens with one attached hydrogen (secondary N) is 2. The van der Waals surface area contributed by atoms with Crippen LogP contribution in [0.2, 0.25) is 0 Å². The highest BCUT2D eigenvalue weighted by atomic mass is 16.2. The van der Waals surface area contributed by atoms with Crippen molar-refractivity contribution >= 4 is 5.91 Å². The fraction of sp³-hybridized carbons (Fsp3) is 0.500. The molecule has 0 aromatic rings. The van der Waals surface area contributed by atoms with Crippen molar-refractivity contribution in [2.45, 2.75) is 12.5 Å². The molecule has 3 heteroatoms. The first kappa shape index (κ1) is 5.96. The minimum Gasteiger partial charge on any atom is -0.354 e. The van der Waals surface area contributed by atoms with Gasteiger partial charge in [0.05, 0.1) is 0 Å². The summed E-state index contributed by atoms with van der Waals surface area (Å²) in [7, 11) is 0. The van der Waals surface area contributed by atoms with Crippen LogP contribution in [-0.4, -0.2) is 18.5 Å².